The molecule has 1 fully saturated rings. The minimum Gasteiger partial charge on any atom is -0.316 e. The molecule has 2 heterocycles. The van der Waals surface area contributed by atoms with Gasteiger partial charge in [-0.25, -0.2) is 17.8 Å². The summed E-state index contributed by atoms with van der Waals surface area (Å²) in [6.07, 6.45) is 3.35. The molecule has 0 bridgehead atoms. The first kappa shape index (κ1) is 13.4. The average Bonchev–Trinajstić information content (AvgIpc) is 2.75. The summed E-state index contributed by atoms with van der Waals surface area (Å²) in [6, 6.07) is 0. The van der Waals surface area contributed by atoms with Crippen molar-refractivity contribution in [3.8, 4) is 0 Å². The van der Waals surface area contributed by atoms with Gasteiger partial charge in [-0.05, 0) is 24.8 Å². The third kappa shape index (κ3) is 2.88. The van der Waals surface area contributed by atoms with Gasteiger partial charge >= 0.3 is 0 Å². The summed E-state index contributed by atoms with van der Waals surface area (Å²) in [5.74, 6) is 0. The number of hydrogen-bond acceptors (Lipinski definition) is 5. The highest BCUT2D eigenvalue weighted by Crippen LogP contribution is 2.24. The molecule has 1 aromatic rings. The van der Waals surface area contributed by atoms with Gasteiger partial charge in [0.1, 0.15) is 0 Å². The topological polar surface area (TPSA) is 88.9 Å². The van der Waals surface area contributed by atoms with Crippen LogP contribution >= 0.6 is 0 Å². The average molecular weight is 273 g/mol. The first-order valence-corrected chi connectivity index (χ1v) is 7.46. The SMILES string of the molecule is Cn1nncc1S(=O)(=O)NCC1(C)CCCNC1. The van der Waals surface area contributed by atoms with E-state index in [1.54, 1.807) is 7.05 Å². The molecule has 1 saturated heterocycles. The minimum absolute atomic E-state index is 0.0304. The van der Waals surface area contributed by atoms with Gasteiger partial charge in [-0.3, -0.25) is 0 Å². The number of piperidine rings is 1. The lowest BCUT2D eigenvalue weighted by Crippen LogP contribution is -2.45. The Bertz CT molecular complexity index is 504. The Morgan fingerprint density at radius 3 is 2.94 bits per heavy atom. The van der Waals surface area contributed by atoms with E-state index < -0.39 is 10.0 Å². The lowest BCUT2D eigenvalue weighted by molar-refractivity contribution is 0.238. The molecule has 0 saturated carbocycles. The highest BCUT2D eigenvalue weighted by molar-refractivity contribution is 7.89. The lowest BCUT2D eigenvalue weighted by Gasteiger charge is -2.34. The van der Waals surface area contributed by atoms with Gasteiger partial charge in [0.05, 0.1) is 6.20 Å². The molecule has 0 spiro atoms. The zero-order chi connectivity index (χ0) is 13.2. The van der Waals surface area contributed by atoms with Crippen LogP contribution in [0.25, 0.3) is 0 Å². The molecule has 1 aliphatic rings. The van der Waals surface area contributed by atoms with E-state index in [4.69, 9.17) is 0 Å². The third-order valence-corrected chi connectivity index (χ3v) is 4.77. The fourth-order valence-corrected chi connectivity index (χ4v) is 3.39. The monoisotopic (exact) mass is 273 g/mol. The van der Waals surface area contributed by atoms with Crippen molar-refractivity contribution in [3.05, 3.63) is 6.20 Å². The smallest absolute Gasteiger partial charge is 0.259 e. The Kier molecular flexibility index (Phi) is 3.69. The van der Waals surface area contributed by atoms with Crippen LogP contribution in [0.2, 0.25) is 0 Å². The van der Waals surface area contributed by atoms with Crippen molar-refractivity contribution < 1.29 is 8.42 Å². The van der Waals surface area contributed by atoms with Crippen LogP contribution < -0.4 is 10.0 Å². The molecule has 1 aliphatic heterocycles. The summed E-state index contributed by atoms with van der Waals surface area (Å²) in [7, 11) is -1.96. The molecular formula is C10H19N5O2S. The standard InChI is InChI=1S/C10H19N5O2S/c1-10(4-3-5-11-7-10)8-13-18(16,17)9-6-12-14-15(9)2/h6,11,13H,3-5,7-8H2,1-2H3. The second kappa shape index (κ2) is 4.94. The molecule has 0 radical (unpaired) electrons. The molecule has 1 unspecified atom stereocenters. The van der Waals surface area contributed by atoms with Crippen molar-refractivity contribution in [1.82, 2.24) is 25.0 Å². The van der Waals surface area contributed by atoms with Crippen LogP contribution in [0.15, 0.2) is 11.2 Å². The van der Waals surface area contributed by atoms with E-state index >= 15 is 0 Å². The largest absolute Gasteiger partial charge is 0.316 e. The van der Waals surface area contributed by atoms with Crippen molar-refractivity contribution in [2.45, 2.75) is 24.8 Å². The van der Waals surface area contributed by atoms with Crippen molar-refractivity contribution in [2.75, 3.05) is 19.6 Å². The first-order chi connectivity index (χ1) is 8.43. The van der Waals surface area contributed by atoms with Crippen molar-refractivity contribution >= 4 is 10.0 Å². The predicted octanol–water partition coefficient (Wildman–Crippen LogP) is -0.517. The van der Waals surface area contributed by atoms with E-state index in [-0.39, 0.29) is 10.4 Å². The first-order valence-electron chi connectivity index (χ1n) is 5.98. The van der Waals surface area contributed by atoms with E-state index in [1.807, 2.05) is 0 Å². The van der Waals surface area contributed by atoms with Crippen LogP contribution in [0, 0.1) is 5.41 Å². The summed E-state index contributed by atoms with van der Waals surface area (Å²) >= 11 is 0. The molecule has 7 nitrogen and oxygen atoms in total. The fourth-order valence-electron chi connectivity index (χ4n) is 2.14. The third-order valence-electron chi connectivity index (χ3n) is 3.32. The number of hydrogen-bond donors (Lipinski definition) is 2. The Morgan fingerprint density at radius 2 is 2.39 bits per heavy atom. The second-order valence-corrected chi connectivity index (χ2v) is 6.83. The minimum atomic E-state index is -3.52. The maximum absolute atomic E-state index is 12.1. The van der Waals surface area contributed by atoms with Gasteiger partial charge in [0.25, 0.3) is 10.0 Å². The second-order valence-electron chi connectivity index (χ2n) is 5.11. The van der Waals surface area contributed by atoms with Gasteiger partial charge in [0, 0.05) is 20.1 Å². The van der Waals surface area contributed by atoms with Crippen molar-refractivity contribution in [1.29, 1.82) is 0 Å². The van der Waals surface area contributed by atoms with Crippen molar-refractivity contribution in [2.24, 2.45) is 12.5 Å². The summed E-state index contributed by atoms with van der Waals surface area (Å²) in [4.78, 5) is 0. The van der Waals surface area contributed by atoms with E-state index in [1.165, 1.54) is 10.9 Å². The molecule has 102 valence electrons. The Labute approximate surface area is 107 Å². The molecule has 8 heteroatoms. The van der Waals surface area contributed by atoms with Crippen molar-refractivity contribution in [3.63, 3.8) is 0 Å². The van der Waals surface area contributed by atoms with E-state index in [2.05, 4.69) is 27.3 Å². The van der Waals surface area contributed by atoms with Crippen LogP contribution in [0.4, 0.5) is 0 Å². The maximum Gasteiger partial charge on any atom is 0.259 e. The Balaban J connectivity index is 2.03. The predicted molar refractivity (Wildman–Crippen MR) is 66.4 cm³/mol. The molecular weight excluding hydrogens is 254 g/mol. The lowest BCUT2D eigenvalue weighted by atomic mass is 9.83. The van der Waals surface area contributed by atoms with Crippen LogP contribution in [-0.2, 0) is 17.1 Å². The summed E-state index contributed by atoms with van der Waals surface area (Å²) in [5.41, 5.74) is -0.0304. The van der Waals surface area contributed by atoms with E-state index in [0.717, 1.165) is 25.9 Å². The Morgan fingerprint density at radius 1 is 1.61 bits per heavy atom. The molecule has 2 rings (SSSR count). The van der Waals surface area contributed by atoms with Gasteiger partial charge in [0.2, 0.25) is 0 Å². The van der Waals surface area contributed by atoms with E-state index in [0.29, 0.717) is 6.54 Å². The van der Waals surface area contributed by atoms with Gasteiger partial charge in [0.15, 0.2) is 5.03 Å². The molecule has 0 aromatic carbocycles. The number of sulfonamides is 1. The number of nitrogens with one attached hydrogen (secondary N) is 2. The van der Waals surface area contributed by atoms with Crippen LogP contribution in [0.5, 0.6) is 0 Å². The number of aromatic nitrogens is 3. The van der Waals surface area contributed by atoms with Gasteiger partial charge in [-0.1, -0.05) is 12.1 Å². The summed E-state index contributed by atoms with van der Waals surface area (Å²) in [6.45, 7) is 4.35. The highest BCUT2D eigenvalue weighted by atomic mass is 32.2. The maximum atomic E-state index is 12.1. The van der Waals surface area contributed by atoms with Gasteiger partial charge in [-0.2, -0.15) is 0 Å². The molecule has 1 atom stereocenters. The summed E-state index contributed by atoms with van der Waals surface area (Å²) < 4.78 is 28.0. The van der Waals surface area contributed by atoms with Crippen LogP contribution in [0.3, 0.4) is 0 Å². The molecule has 1 aromatic heterocycles. The Hall–Kier alpha value is -0.990. The van der Waals surface area contributed by atoms with Gasteiger partial charge in [-0.15, -0.1) is 5.10 Å². The van der Waals surface area contributed by atoms with Crippen LogP contribution in [0.1, 0.15) is 19.8 Å². The zero-order valence-corrected chi connectivity index (χ0v) is 11.5. The number of rotatable bonds is 4. The van der Waals surface area contributed by atoms with Gasteiger partial charge < -0.3 is 5.32 Å². The van der Waals surface area contributed by atoms with Crippen LogP contribution in [-0.4, -0.2) is 43.0 Å². The molecule has 0 aliphatic carbocycles. The summed E-state index contributed by atoms with van der Waals surface area (Å²) in [5, 5.41) is 10.6. The quantitative estimate of drug-likeness (QED) is 0.771. The highest BCUT2D eigenvalue weighted by Gasteiger charge is 2.29. The zero-order valence-electron chi connectivity index (χ0n) is 10.7. The molecule has 18 heavy (non-hydrogen) atoms. The van der Waals surface area contributed by atoms with E-state index in [9.17, 15) is 8.42 Å². The fraction of sp³-hybridized carbons (Fsp3) is 0.800. The molecule has 0 amide bonds. The molecule has 2 N–H and O–H groups in total. The number of aryl methyl sites for hydroxylation is 1. The normalized spacial score (nSPS) is 25.2. The number of nitrogens with zero attached hydrogens (tertiary/aromatic N) is 3.